The van der Waals surface area contributed by atoms with Gasteiger partial charge in [0, 0.05) is 12.4 Å². The van der Waals surface area contributed by atoms with E-state index in [4.69, 9.17) is 4.42 Å². The summed E-state index contributed by atoms with van der Waals surface area (Å²) in [6, 6.07) is 7.77. The molecule has 4 nitrogen and oxygen atoms in total. The lowest BCUT2D eigenvalue weighted by atomic mass is 10.3. The van der Waals surface area contributed by atoms with Crippen LogP contribution in [0.15, 0.2) is 39.4 Å². The standard InChI is InChI=1S/C15H14N2O2S2/c1-10-5-6-11(19-10)8-17(2)15(18)12-9-21-14(16-12)13-4-3-7-20-13/h3-7,9H,8H2,1-2H3. The number of hydrogen-bond donors (Lipinski definition) is 0. The number of thiazole rings is 1. The third-order valence-corrected chi connectivity index (χ3v) is 4.87. The van der Waals surface area contributed by atoms with Gasteiger partial charge >= 0.3 is 0 Å². The Hall–Kier alpha value is -1.92. The van der Waals surface area contributed by atoms with E-state index in [1.807, 2.05) is 36.6 Å². The lowest BCUT2D eigenvalue weighted by molar-refractivity contribution is 0.0770. The van der Waals surface area contributed by atoms with E-state index in [2.05, 4.69) is 4.98 Å². The van der Waals surface area contributed by atoms with E-state index in [1.54, 1.807) is 28.7 Å². The van der Waals surface area contributed by atoms with Gasteiger partial charge in [-0.2, -0.15) is 0 Å². The summed E-state index contributed by atoms with van der Waals surface area (Å²) in [6.07, 6.45) is 0. The minimum Gasteiger partial charge on any atom is -0.464 e. The number of amides is 1. The van der Waals surface area contributed by atoms with Crippen molar-refractivity contribution in [3.05, 3.63) is 52.2 Å². The highest BCUT2D eigenvalue weighted by atomic mass is 32.1. The molecular weight excluding hydrogens is 304 g/mol. The predicted octanol–water partition coefficient (Wildman–Crippen LogP) is 4.05. The van der Waals surface area contributed by atoms with Gasteiger partial charge in [0.25, 0.3) is 5.91 Å². The zero-order valence-electron chi connectivity index (χ0n) is 11.7. The number of furan rings is 1. The highest BCUT2D eigenvalue weighted by Gasteiger charge is 2.17. The van der Waals surface area contributed by atoms with Crippen LogP contribution in [0.5, 0.6) is 0 Å². The maximum absolute atomic E-state index is 12.4. The molecule has 6 heteroatoms. The molecule has 108 valence electrons. The van der Waals surface area contributed by atoms with Crippen LogP contribution in [0.3, 0.4) is 0 Å². The molecule has 0 fully saturated rings. The van der Waals surface area contributed by atoms with Crippen molar-refractivity contribution in [1.82, 2.24) is 9.88 Å². The van der Waals surface area contributed by atoms with Crippen LogP contribution in [-0.4, -0.2) is 22.8 Å². The maximum Gasteiger partial charge on any atom is 0.273 e. The first-order chi connectivity index (χ1) is 10.1. The van der Waals surface area contributed by atoms with Gasteiger partial charge in [0.1, 0.15) is 22.2 Å². The lowest BCUT2D eigenvalue weighted by Gasteiger charge is -2.13. The van der Waals surface area contributed by atoms with E-state index in [0.717, 1.165) is 21.4 Å². The van der Waals surface area contributed by atoms with Crippen LogP contribution in [0.4, 0.5) is 0 Å². The van der Waals surface area contributed by atoms with Crippen molar-refractivity contribution in [2.45, 2.75) is 13.5 Å². The van der Waals surface area contributed by atoms with Gasteiger partial charge in [0.05, 0.1) is 11.4 Å². The second kappa shape index (κ2) is 5.83. The van der Waals surface area contributed by atoms with Crippen LogP contribution in [0.2, 0.25) is 0 Å². The lowest BCUT2D eigenvalue weighted by Crippen LogP contribution is -2.26. The summed E-state index contributed by atoms with van der Waals surface area (Å²) in [5.41, 5.74) is 0.481. The smallest absolute Gasteiger partial charge is 0.273 e. The van der Waals surface area contributed by atoms with Gasteiger partial charge in [0.2, 0.25) is 0 Å². The molecule has 0 aliphatic carbocycles. The summed E-state index contributed by atoms with van der Waals surface area (Å²) in [5.74, 6) is 1.53. The molecule has 0 bridgehead atoms. The molecular formula is C15H14N2O2S2. The summed E-state index contributed by atoms with van der Waals surface area (Å²) in [6.45, 7) is 2.33. The summed E-state index contributed by atoms with van der Waals surface area (Å²) < 4.78 is 5.49. The number of aryl methyl sites for hydroxylation is 1. The highest BCUT2D eigenvalue weighted by molar-refractivity contribution is 7.20. The molecule has 3 heterocycles. The van der Waals surface area contributed by atoms with E-state index >= 15 is 0 Å². The Bertz CT molecular complexity index is 743. The van der Waals surface area contributed by atoms with E-state index in [-0.39, 0.29) is 5.91 Å². The van der Waals surface area contributed by atoms with Crippen LogP contribution in [0.25, 0.3) is 9.88 Å². The molecule has 3 aromatic rings. The molecule has 0 aromatic carbocycles. The van der Waals surface area contributed by atoms with Crippen LogP contribution in [-0.2, 0) is 6.54 Å². The molecule has 0 saturated carbocycles. The number of carbonyl (C=O) groups excluding carboxylic acids is 1. The van der Waals surface area contributed by atoms with E-state index in [0.29, 0.717) is 12.2 Å². The van der Waals surface area contributed by atoms with Gasteiger partial charge < -0.3 is 9.32 Å². The first kappa shape index (κ1) is 14.0. The molecule has 0 radical (unpaired) electrons. The van der Waals surface area contributed by atoms with Gasteiger partial charge in [-0.1, -0.05) is 6.07 Å². The largest absolute Gasteiger partial charge is 0.464 e. The Labute approximate surface area is 130 Å². The highest BCUT2D eigenvalue weighted by Crippen LogP contribution is 2.28. The van der Waals surface area contributed by atoms with Crippen LogP contribution in [0.1, 0.15) is 22.0 Å². The van der Waals surface area contributed by atoms with Crippen molar-refractivity contribution >= 4 is 28.6 Å². The number of carbonyl (C=O) groups is 1. The molecule has 0 N–H and O–H groups in total. The van der Waals surface area contributed by atoms with Crippen LogP contribution >= 0.6 is 22.7 Å². The Morgan fingerprint density at radius 1 is 1.33 bits per heavy atom. The molecule has 0 spiro atoms. The van der Waals surface area contributed by atoms with Gasteiger partial charge in [-0.15, -0.1) is 22.7 Å². The molecule has 21 heavy (non-hydrogen) atoms. The van der Waals surface area contributed by atoms with E-state index < -0.39 is 0 Å². The number of rotatable bonds is 4. The monoisotopic (exact) mass is 318 g/mol. The van der Waals surface area contributed by atoms with Crippen LogP contribution in [0, 0.1) is 6.92 Å². The van der Waals surface area contributed by atoms with Crippen molar-refractivity contribution in [2.75, 3.05) is 7.05 Å². The minimum absolute atomic E-state index is 0.0943. The number of nitrogens with zero attached hydrogens (tertiary/aromatic N) is 2. The Morgan fingerprint density at radius 3 is 2.86 bits per heavy atom. The zero-order valence-corrected chi connectivity index (χ0v) is 13.3. The fraction of sp³-hybridized carbons (Fsp3) is 0.200. The van der Waals surface area contributed by atoms with E-state index in [1.165, 1.54) is 11.3 Å². The molecule has 0 atom stereocenters. The summed E-state index contributed by atoms with van der Waals surface area (Å²) in [5, 5.41) is 4.70. The number of aromatic nitrogens is 1. The fourth-order valence-corrected chi connectivity index (χ4v) is 3.56. The van der Waals surface area contributed by atoms with E-state index in [9.17, 15) is 4.79 Å². The first-order valence-electron chi connectivity index (χ1n) is 6.43. The second-order valence-corrected chi connectivity index (χ2v) is 6.49. The first-order valence-corrected chi connectivity index (χ1v) is 8.19. The molecule has 0 aliphatic heterocycles. The molecule has 3 rings (SSSR count). The average molecular weight is 318 g/mol. The summed E-state index contributed by atoms with van der Waals surface area (Å²) in [7, 11) is 1.75. The maximum atomic E-state index is 12.4. The van der Waals surface area contributed by atoms with Gasteiger partial charge in [-0.05, 0) is 30.5 Å². The second-order valence-electron chi connectivity index (χ2n) is 4.69. The zero-order chi connectivity index (χ0) is 14.8. The topological polar surface area (TPSA) is 46.3 Å². The molecule has 0 saturated heterocycles. The third kappa shape index (κ3) is 3.06. The van der Waals surface area contributed by atoms with Crippen LogP contribution < -0.4 is 0 Å². The average Bonchev–Trinajstić information content (AvgIpc) is 3.18. The van der Waals surface area contributed by atoms with Crippen molar-refractivity contribution in [1.29, 1.82) is 0 Å². The SMILES string of the molecule is Cc1ccc(CN(C)C(=O)c2csc(-c3cccs3)n2)o1. The van der Waals surface area contributed by atoms with Crippen molar-refractivity contribution in [3.8, 4) is 9.88 Å². The van der Waals surface area contributed by atoms with Gasteiger partial charge in [-0.3, -0.25) is 4.79 Å². The number of thiophene rings is 1. The molecule has 1 amide bonds. The Morgan fingerprint density at radius 2 is 2.19 bits per heavy atom. The predicted molar refractivity (Wildman–Crippen MR) is 84.7 cm³/mol. The quantitative estimate of drug-likeness (QED) is 0.729. The summed E-state index contributed by atoms with van der Waals surface area (Å²) >= 11 is 3.11. The molecule has 0 unspecified atom stereocenters. The fourth-order valence-electron chi connectivity index (χ4n) is 1.96. The van der Waals surface area contributed by atoms with Crippen molar-refractivity contribution in [2.24, 2.45) is 0 Å². The summed E-state index contributed by atoms with van der Waals surface area (Å²) in [4.78, 5) is 19.5. The van der Waals surface area contributed by atoms with Gasteiger partial charge in [0.15, 0.2) is 0 Å². The van der Waals surface area contributed by atoms with Crippen molar-refractivity contribution in [3.63, 3.8) is 0 Å². The molecule has 0 aliphatic rings. The van der Waals surface area contributed by atoms with Gasteiger partial charge in [-0.25, -0.2) is 4.98 Å². The Kier molecular flexibility index (Phi) is 3.90. The normalized spacial score (nSPS) is 10.8. The Balaban J connectivity index is 1.72. The molecule has 3 aromatic heterocycles. The third-order valence-electron chi connectivity index (χ3n) is 2.99. The van der Waals surface area contributed by atoms with Crippen molar-refractivity contribution < 1.29 is 9.21 Å². The number of hydrogen-bond acceptors (Lipinski definition) is 5. The minimum atomic E-state index is -0.0943.